The van der Waals surface area contributed by atoms with Gasteiger partial charge < -0.3 is 4.72 Å². The van der Waals surface area contributed by atoms with Crippen molar-refractivity contribution in [3.8, 4) is 11.4 Å². The lowest BCUT2D eigenvalue weighted by molar-refractivity contribution is 0.864. The normalized spacial score (nSPS) is 9.79. The molecular formula is C8H7N5S. The van der Waals surface area contributed by atoms with E-state index in [1.807, 2.05) is 24.3 Å². The SMILES string of the molecule is SNc1ccc(-c2nncnn2)cc1. The maximum absolute atomic E-state index is 3.93. The highest BCUT2D eigenvalue weighted by Crippen LogP contribution is 2.16. The molecule has 0 fully saturated rings. The van der Waals surface area contributed by atoms with Gasteiger partial charge in [0.25, 0.3) is 0 Å². The van der Waals surface area contributed by atoms with Gasteiger partial charge in [-0.25, -0.2) is 0 Å². The van der Waals surface area contributed by atoms with E-state index in [1.54, 1.807) is 0 Å². The number of aromatic nitrogens is 4. The Morgan fingerprint density at radius 2 is 1.64 bits per heavy atom. The second kappa shape index (κ2) is 4.01. The first kappa shape index (κ1) is 8.89. The summed E-state index contributed by atoms with van der Waals surface area (Å²) in [7, 11) is 0. The lowest BCUT2D eigenvalue weighted by Crippen LogP contribution is -1.93. The Bertz CT molecular complexity index is 402. The molecular weight excluding hydrogens is 198 g/mol. The summed E-state index contributed by atoms with van der Waals surface area (Å²) < 4.78 is 2.73. The molecule has 2 aromatic rings. The maximum Gasteiger partial charge on any atom is 0.203 e. The lowest BCUT2D eigenvalue weighted by atomic mass is 10.2. The smallest absolute Gasteiger partial charge is 0.203 e. The van der Waals surface area contributed by atoms with Gasteiger partial charge in [-0.05, 0) is 24.3 Å². The van der Waals surface area contributed by atoms with E-state index in [9.17, 15) is 0 Å². The molecule has 0 bridgehead atoms. The molecule has 0 saturated carbocycles. The third-order valence-electron chi connectivity index (χ3n) is 1.68. The highest BCUT2D eigenvalue weighted by molar-refractivity contribution is 7.81. The van der Waals surface area contributed by atoms with Gasteiger partial charge in [0.15, 0.2) is 6.33 Å². The van der Waals surface area contributed by atoms with Crippen molar-refractivity contribution in [2.24, 2.45) is 0 Å². The van der Waals surface area contributed by atoms with Gasteiger partial charge in [-0.1, -0.05) is 12.8 Å². The molecule has 0 atom stereocenters. The number of hydrogen-bond donors (Lipinski definition) is 2. The number of nitrogens with zero attached hydrogens (tertiary/aromatic N) is 4. The van der Waals surface area contributed by atoms with Crippen LogP contribution in [-0.2, 0) is 0 Å². The standard InChI is InChI=1S/C8H7N5S/c14-13-7-3-1-6(2-4-7)8-11-9-5-10-12-8/h1-5,13-14H. The molecule has 70 valence electrons. The zero-order chi connectivity index (χ0) is 9.80. The fourth-order valence-electron chi connectivity index (χ4n) is 1.01. The molecule has 1 heterocycles. The minimum Gasteiger partial charge on any atom is -0.332 e. The molecule has 6 heteroatoms. The van der Waals surface area contributed by atoms with Crippen molar-refractivity contribution >= 4 is 18.5 Å². The fourth-order valence-corrected chi connectivity index (χ4v) is 1.16. The van der Waals surface area contributed by atoms with Crippen LogP contribution in [0.15, 0.2) is 30.6 Å². The van der Waals surface area contributed by atoms with Crippen molar-refractivity contribution in [3.05, 3.63) is 30.6 Å². The van der Waals surface area contributed by atoms with Gasteiger partial charge in [-0.2, -0.15) is 0 Å². The zero-order valence-electron chi connectivity index (χ0n) is 7.12. The summed E-state index contributed by atoms with van der Waals surface area (Å²) in [6, 6.07) is 7.49. The van der Waals surface area contributed by atoms with Gasteiger partial charge in [-0.15, -0.1) is 20.4 Å². The topological polar surface area (TPSA) is 63.6 Å². The lowest BCUT2D eigenvalue weighted by Gasteiger charge is -1.99. The molecule has 14 heavy (non-hydrogen) atoms. The summed E-state index contributed by atoms with van der Waals surface area (Å²) in [4.78, 5) is 0. The largest absolute Gasteiger partial charge is 0.332 e. The van der Waals surface area contributed by atoms with Crippen LogP contribution in [0.3, 0.4) is 0 Å². The van der Waals surface area contributed by atoms with E-state index in [-0.39, 0.29) is 0 Å². The van der Waals surface area contributed by atoms with Gasteiger partial charge in [0.1, 0.15) is 0 Å². The van der Waals surface area contributed by atoms with E-state index in [1.165, 1.54) is 6.33 Å². The Morgan fingerprint density at radius 3 is 2.21 bits per heavy atom. The monoisotopic (exact) mass is 205 g/mol. The Labute approximate surface area is 86.1 Å². The molecule has 0 aliphatic rings. The molecule has 1 aromatic heterocycles. The molecule has 0 aliphatic heterocycles. The number of nitrogens with one attached hydrogen (secondary N) is 1. The van der Waals surface area contributed by atoms with Gasteiger partial charge in [0.2, 0.25) is 5.82 Å². The first-order valence-electron chi connectivity index (χ1n) is 3.91. The third-order valence-corrected chi connectivity index (χ3v) is 1.94. The minimum atomic E-state index is 0.512. The van der Waals surface area contributed by atoms with Crippen molar-refractivity contribution in [3.63, 3.8) is 0 Å². The highest BCUT2D eigenvalue weighted by Gasteiger charge is 2.00. The number of anilines is 1. The minimum absolute atomic E-state index is 0.512. The second-order valence-corrected chi connectivity index (χ2v) is 2.78. The van der Waals surface area contributed by atoms with Crippen molar-refractivity contribution in [1.82, 2.24) is 20.4 Å². The van der Waals surface area contributed by atoms with Gasteiger partial charge in [-0.3, -0.25) is 0 Å². The van der Waals surface area contributed by atoms with Crippen molar-refractivity contribution in [1.29, 1.82) is 0 Å². The summed E-state index contributed by atoms with van der Waals surface area (Å²) in [6.45, 7) is 0. The van der Waals surface area contributed by atoms with Gasteiger partial charge >= 0.3 is 0 Å². The van der Waals surface area contributed by atoms with E-state index in [0.29, 0.717) is 5.82 Å². The van der Waals surface area contributed by atoms with Crippen LogP contribution in [0.2, 0.25) is 0 Å². The Hall–Kier alpha value is -1.69. The molecule has 0 radical (unpaired) electrons. The predicted molar refractivity (Wildman–Crippen MR) is 55.7 cm³/mol. The highest BCUT2D eigenvalue weighted by atomic mass is 32.1. The van der Waals surface area contributed by atoms with E-state index >= 15 is 0 Å². The molecule has 2 rings (SSSR count). The number of rotatable bonds is 2. The average molecular weight is 205 g/mol. The van der Waals surface area contributed by atoms with E-state index in [2.05, 4.69) is 37.9 Å². The molecule has 1 N–H and O–H groups in total. The van der Waals surface area contributed by atoms with Gasteiger partial charge in [0, 0.05) is 11.3 Å². The van der Waals surface area contributed by atoms with Crippen LogP contribution in [0.5, 0.6) is 0 Å². The Balaban J connectivity index is 2.34. The quantitative estimate of drug-likeness (QED) is 0.721. The van der Waals surface area contributed by atoms with Crippen molar-refractivity contribution < 1.29 is 0 Å². The van der Waals surface area contributed by atoms with E-state index < -0.39 is 0 Å². The maximum atomic E-state index is 3.93. The number of hydrogen-bond acceptors (Lipinski definition) is 6. The van der Waals surface area contributed by atoms with Crippen LogP contribution in [-0.4, -0.2) is 20.4 Å². The molecule has 1 aromatic carbocycles. The van der Waals surface area contributed by atoms with Gasteiger partial charge in [0.05, 0.1) is 0 Å². The fraction of sp³-hybridized carbons (Fsp3) is 0. The summed E-state index contributed by atoms with van der Waals surface area (Å²) >= 11 is 3.93. The van der Waals surface area contributed by atoms with Crippen LogP contribution in [0, 0.1) is 0 Å². The Kier molecular flexibility index (Phi) is 2.55. The first-order chi connectivity index (χ1) is 6.90. The van der Waals surface area contributed by atoms with Crippen LogP contribution in [0.25, 0.3) is 11.4 Å². The summed E-state index contributed by atoms with van der Waals surface area (Å²) in [5.41, 5.74) is 1.78. The number of benzene rings is 1. The van der Waals surface area contributed by atoms with Crippen LogP contribution in [0.1, 0.15) is 0 Å². The van der Waals surface area contributed by atoms with Crippen molar-refractivity contribution in [2.75, 3.05) is 4.72 Å². The molecule has 0 unspecified atom stereocenters. The van der Waals surface area contributed by atoms with E-state index in [4.69, 9.17) is 0 Å². The Morgan fingerprint density at radius 1 is 1.00 bits per heavy atom. The summed E-state index contributed by atoms with van der Waals surface area (Å²) in [5, 5.41) is 15.0. The summed E-state index contributed by atoms with van der Waals surface area (Å²) in [6.07, 6.45) is 1.30. The second-order valence-electron chi connectivity index (χ2n) is 2.56. The zero-order valence-corrected chi connectivity index (χ0v) is 8.02. The summed E-state index contributed by atoms with van der Waals surface area (Å²) in [5.74, 6) is 0.512. The van der Waals surface area contributed by atoms with Crippen LogP contribution >= 0.6 is 12.8 Å². The molecule has 0 spiro atoms. The molecule has 0 saturated heterocycles. The average Bonchev–Trinajstić information content (AvgIpc) is 2.30. The predicted octanol–water partition coefficient (Wildman–Crippen LogP) is 1.19. The van der Waals surface area contributed by atoms with Crippen LogP contribution in [0.4, 0.5) is 5.69 Å². The van der Waals surface area contributed by atoms with Crippen molar-refractivity contribution in [2.45, 2.75) is 0 Å². The number of thiol groups is 1. The third kappa shape index (κ3) is 1.80. The first-order valence-corrected chi connectivity index (χ1v) is 4.36. The van der Waals surface area contributed by atoms with E-state index in [0.717, 1.165) is 11.3 Å². The molecule has 5 nitrogen and oxygen atoms in total. The van der Waals surface area contributed by atoms with Crippen LogP contribution < -0.4 is 4.72 Å². The molecule has 0 aliphatic carbocycles. The molecule has 0 amide bonds.